The van der Waals surface area contributed by atoms with Gasteiger partial charge >= 0.3 is 0 Å². The molecule has 0 radical (unpaired) electrons. The summed E-state index contributed by atoms with van der Waals surface area (Å²) in [4.78, 5) is 5.37. The van der Waals surface area contributed by atoms with Crippen molar-refractivity contribution in [1.29, 1.82) is 0 Å². The van der Waals surface area contributed by atoms with Crippen LogP contribution in [-0.2, 0) is 16.6 Å². The third-order valence-electron chi connectivity index (χ3n) is 2.96. The largest absolute Gasteiger partial charge is 0.370 e. The maximum Gasteiger partial charge on any atom is 0.244 e. The van der Waals surface area contributed by atoms with Gasteiger partial charge in [0.2, 0.25) is 10.0 Å². The Labute approximate surface area is 129 Å². The topological polar surface area (TPSA) is 62.3 Å². The predicted molar refractivity (Wildman–Crippen MR) is 86.0 cm³/mol. The van der Waals surface area contributed by atoms with Gasteiger partial charge in [-0.1, -0.05) is 13.0 Å². The normalized spacial score (nSPS) is 11.8. The number of hydrogen-bond donors (Lipinski definition) is 1. The van der Waals surface area contributed by atoms with E-state index >= 15 is 0 Å². The molecule has 1 N–H and O–H groups in total. The highest BCUT2D eigenvalue weighted by Gasteiger charge is 2.21. The fraction of sp³-hybridized carbons (Fsp3) is 0.357. The molecule has 0 unspecified atom stereocenters. The van der Waals surface area contributed by atoms with Gasteiger partial charge in [-0.15, -0.1) is 11.3 Å². The van der Waals surface area contributed by atoms with Crippen LogP contribution in [0.2, 0.25) is 0 Å². The molecule has 21 heavy (non-hydrogen) atoms. The van der Waals surface area contributed by atoms with Crippen LogP contribution in [0.5, 0.6) is 0 Å². The molecule has 0 spiro atoms. The van der Waals surface area contributed by atoms with Crippen LogP contribution in [0.1, 0.15) is 18.2 Å². The van der Waals surface area contributed by atoms with E-state index < -0.39 is 10.0 Å². The molecular formula is C14H19N3O2S2. The zero-order valence-corrected chi connectivity index (χ0v) is 13.7. The van der Waals surface area contributed by atoms with Crippen molar-refractivity contribution in [2.24, 2.45) is 0 Å². The molecule has 7 heteroatoms. The van der Waals surface area contributed by atoms with Gasteiger partial charge in [-0.25, -0.2) is 13.4 Å². The van der Waals surface area contributed by atoms with Gasteiger partial charge in [-0.05, 0) is 30.0 Å². The van der Waals surface area contributed by atoms with Crippen molar-refractivity contribution in [3.05, 3.63) is 40.7 Å². The fourth-order valence-electron chi connectivity index (χ4n) is 1.78. The first kappa shape index (κ1) is 15.9. The lowest BCUT2D eigenvalue weighted by atomic mass is 10.4. The van der Waals surface area contributed by atoms with Gasteiger partial charge in [0.1, 0.15) is 10.7 Å². The number of aromatic nitrogens is 1. The average molecular weight is 325 g/mol. The Hall–Kier alpha value is -1.44. The number of anilines is 1. The number of sulfonamides is 1. The van der Waals surface area contributed by atoms with Gasteiger partial charge in [-0.3, -0.25) is 0 Å². The Morgan fingerprint density at radius 3 is 2.71 bits per heavy atom. The number of hydrogen-bond acceptors (Lipinski definition) is 5. The second-order valence-electron chi connectivity index (χ2n) is 4.65. The average Bonchev–Trinajstić information content (AvgIpc) is 2.98. The van der Waals surface area contributed by atoms with E-state index in [-0.39, 0.29) is 4.90 Å². The quantitative estimate of drug-likeness (QED) is 0.850. The number of pyridine rings is 1. The minimum Gasteiger partial charge on any atom is -0.370 e. The van der Waals surface area contributed by atoms with Crippen LogP contribution in [-0.4, -0.2) is 31.3 Å². The summed E-state index contributed by atoms with van der Waals surface area (Å²) in [6, 6.07) is 7.12. The van der Waals surface area contributed by atoms with E-state index in [1.54, 1.807) is 30.5 Å². The molecule has 0 bridgehead atoms. The predicted octanol–water partition coefficient (Wildman–Crippen LogP) is 2.79. The van der Waals surface area contributed by atoms with Gasteiger partial charge in [0.05, 0.1) is 0 Å². The summed E-state index contributed by atoms with van der Waals surface area (Å²) in [5, 5.41) is 5.06. The monoisotopic (exact) mass is 325 g/mol. The van der Waals surface area contributed by atoms with E-state index in [0.717, 1.165) is 17.8 Å². The van der Waals surface area contributed by atoms with E-state index in [2.05, 4.69) is 17.2 Å². The zero-order chi connectivity index (χ0) is 15.3. The molecule has 2 aromatic heterocycles. The van der Waals surface area contributed by atoms with E-state index in [1.807, 2.05) is 17.5 Å². The van der Waals surface area contributed by atoms with E-state index in [0.29, 0.717) is 12.4 Å². The summed E-state index contributed by atoms with van der Waals surface area (Å²) >= 11 is 1.54. The van der Waals surface area contributed by atoms with Crippen LogP contribution in [0.25, 0.3) is 0 Å². The molecule has 0 atom stereocenters. The molecule has 114 valence electrons. The van der Waals surface area contributed by atoms with Crippen molar-refractivity contribution in [3.63, 3.8) is 0 Å². The van der Waals surface area contributed by atoms with E-state index in [4.69, 9.17) is 0 Å². The van der Waals surface area contributed by atoms with Crippen LogP contribution < -0.4 is 5.32 Å². The van der Waals surface area contributed by atoms with Crippen molar-refractivity contribution in [3.8, 4) is 0 Å². The first-order valence-corrected chi connectivity index (χ1v) is 9.04. The third kappa shape index (κ3) is 4.03. The van der Waals surface area contributed by atoms with Crippen molar-refractivity contribution in [2.75, 3.05) is 18.9 Å². The third-order valence-corrected chi connectivity index (χ3v) is 5.61. The second kappa shape index (κ2) is 7.02. The van der Waals surface area contributed by atoms with Gasteiger partial charge in [-0.2, -0.15) is 4.31 Å². The van der Waals surface area contributed by atoms with Crippen molar-refractivity contribution < 1.29 is 8.42 Å². The van der Waals surface area contributed by atoms with Crippen molar-refractivity contribution in [2.45, 2.75) is 24.8 Å². The smallest absolute Gasteiger partial charge is 0.244 e. The summed E-state index contributed by atoms with van der Waals surface area (Å²) in [6.07, 6.45) is 2.39. The highest BCUT2D eigenvalue weighted by atomic mass is 32.2. The van der Waals surface area contributed by atoms with Crippen LogP contribution in [0.3, 0.4) is 0 Å². The molecule has 0 fully saturated rings. The minimum atomic E-state index is -3.50. The maximum atomic E-state index is 12.5. The molecule has 0 aliphatic heterocycles. The molecule has 0 aliphatic rings. The molecular weight excluding hydrogens is 306 g/mol. The minimum absolute atomic E-state index is 0.212. The second-order valence-corrected chi connectivity index (χ2v) is 7.72. The van der Waals surface area contributed by atoms with Crippen LogP contribution in [0, 0.1) is 0 Å². The first-order chi connectivity index (χ1) is 10.0. The molecule has 5 nitrogen and oxygen atoms in total. The van der Waals surface area contributed by atoms with Crippen LogP contribution in [0.4, 0.5) is 5.82 Å². The molecule has 0 saturated carbocycles. The summed E-state index contributed by atoms with van der Waals surface area (Å²) < 4.78 is 26.3. The Morgan fingerprint density at radius 2 is 2.14 bits per heavy atom. The number of nitrogens with zero attached hydrogens (tertiary/aromatic N) is 2. The lowest BCUT2D eigenvalue weighted by Gasteiger charge is -2.16. The highest BCUT2D eigenvalue weighted by Crippen LogP contribution is 2.19. The standard InChI is InChI=1S/C14H19N3O2S2/c1-3-8-15-14-7-6-13(10-16-14)21(18,19)17(2)11-12-5-4-9-20-12/h4-7,9-10H,3,8,11H2,1-2H3,(H,15,16). The summed E-state index contributed by atoms with van der Waals surface area (Å²) in [7, 11) is -1.92. The van der Waals surface area contributed by atoms with E-state index in [1.165, 1.54) is 10.5 Å². The van der Waals surface area contributed by atoms with E-state index in [9.17, 15) is 8.42 Å². The highest BCUT2D eigenvalue weighted by molar-refractivity contribution is 7.89. The van der Waals surface area contributed by atoms with Crippen molar-refractivity contribution >= 4 is 27.2 Å². The Bertz CT molecular complexity index is 652. The fourth-order valence-corrected chi connectivity index (χ4v) is 3.71. The molecule has 0 amide bonds. The molecule has 0 aliphatic carbocycles. The molecule has 0 aromatic carbocycles. The summed E-state index contributed by atoms with van der Waals surface area (Å²) in [5.41, 5.74) is 0. The zero-order valence-electron chi connectivity index (χ0n) is 12.1. The van der Waals surface area contributed by atoms with Gasteiger partial charge < -0.3 is 5.32 Å². The number of nitrogens with one attached hydrogen (secondary N) is 1. The first-order valence-electron chi connectivity index (χ1n) is 6.72. The lowest BCUT2D eigenvalue weighted by molar-refractivity contribution is 0.469. The van der Waals surface area contributed by atoms with Crippen molar-refractivity contribution in [1.82, 2.24) is 9.29 Å². The van der Waals surface area contributed by atoms with Gasteiger partial charge in [0.25, 0.3) is 0 Å². The van der Waals surface area contributed by atoms with Gasteiger partial charge in [0, 0.05) is 31.2 Å². The SMILES string of the molecule is CCCNc1ccc(S(=O)(=O)N(C)Cc2cccs2)cn1. The molecule has 2 heterocycles. The molecule has 2 aromatic rings. The number of thiophene rings is 1. The molecule has 2 rings (SSSR count). The maximum absolute atomic E-state index is 12.5. The number of rotatable bonds is 7. The Kier molecular flexibility index (Phi) is 5.33. The Morgan fingerprint density at radius 1 is 1.33 bits per heavy atom. The van der Waals surface area contributed by atoms with Crippen LogP contribution in [0.15, 0.2) is 40.7 Å². The molecule has 0 saturated heterocycles. The lowest BCUT2D eigenvalue weighted by Crippen LogP contribution is -2.26. The Balaban J connectivity index is 2.11. The van der Waals surface area contributed by atoms with Gasteiger partial charge in [0.15, 0.2) is 0 Å². The van der Waals surface area contributed by atoms with Crippen LogP contribution >= 0.6 is 11.3 Å². The summed E-state index contributed by atoms with van der Waals surface area (Å²) in [5.74, 6) is 0.691. The summed E-state index contributed by atoms with van der Waals surface area (Å²) in [6.45, 7) is 3.25.